The van der Waals surface area contributed by atoms with Gasteiger partial charge in [-0.3, -0.25) is 10.0 Å². The van der Waals surface area contributed by atoms with Crippen molar-refractivity contribution in [1.82, 2.24) is 10.4 Å². The predicted molar refractivity (Wildman–Crippen MR) is 49.4 cm³/mol. The van der Waals surface area contributed by atoms with Crippen molar-refractivity contribution in [1.29, 1.82) is 0 Å². The molecule has 1 fully saturated rings. The normalized spacial score (nSPS) is 26.0. The van der Waals surface area contributed by atoms with E-state index in [9.17, 15) is 10.0 Å². The Balaban J connectivity index is 2.76. The van der Waals surface area contributed by atoms with Crippen LogP contribution in [0.1, 0.15) is 27.2 Å². The first-order valence-corrected chi connectivity index (χ1v) is 4.66. The Bertz CT molecular complexity index is 198. The predicted octanol–water partition coefficient (Wildman–Crippen LogP) is 0.612. The third-order valence-electron chi connectivity index (χ3n) is 2.26. The molecule has 4 nitrogen and oxygen atoms in total. The molecule has 0 aromatic carbocycles. The molecule has 1 rings (SSSR count). The second kappa shape index (κ2) is 3.64. The summed E-state index contributed by atoms with van der Waals surface area (Å²) in [7, 11) is 0. The van der Waals surface area contributed by atoms with Gasteiger partial charge in [0.1, 0.15) is 0 Å². The average molecular weight is 186 g/mol. The van der Waals surface area contributed by atoms with Crippen LogP contribution in [0.4, 0.5) is 0 Å². The highest BCUT2D eigenvalue weighted by molar-refractivity contribution is 5.81. The number of rotatable bonds is 0. The van der Waals surface area contributed by atoms with E-state index in [1.165, 1.54) is 0 Å². The molecular weight excluding hydrogens is 168 g/mol. The molecule has 0 aromatic heterocycles. The van der Waals surface area contributed by atoms with E-state index in [2.05, 4.69) is 5.32 Å². The Hall–Kier alpha value is -0.610. The molecule has 0 bridgehead atoms. The molecule has 1 aliphatic heterocycles. The lowest BCUT2D eigenvalue weighted by Gasteiger charge is -2.30. The largest absolute Gasteiger partial charge is 0.305 e. The van der Waals surface area contributed by atoms with Crippen LogP contribution in [0.15, 0.2) is 0 Å². The van der Waals surface area contributed by atoms with Crippen LogP contribution in [0.5, 0.6) is 0 Å². The van der Waals surface area contributed by atoms with E-state index in [4.69, 9.17) is 0 Å². The molecular formula is C9H18N2O2. The molecule has 4 heteroatoms. The molecule has 1 aliphatic rings. The van der Waals surface area contributed by atoms with Crippen molar-refractivity contribution < 1.29 is 10.0 Å². The van der Waals surface area contributed by atoms with Gasteiger partial charge in [0.05, 0.1) is 6.04 Å². The number of carbonyl (C=O) groups excluding carboxylic acids is 1. The molecule has 76 valence electrons. The van der Waals surface area contributed by atoms with E-state index < -0.39 is 0 Å². The summed E-state index contributed by atoms with van der Waals surface area (Å²) in [6, 6.07) is -0.278. The molecule has 0 aliphatic carbocycles. The number of nitrogens with zero attached hydrogens (tertiary/aromatic N) is 1. The summed E-state index contributed by atoms with van der Waals surface area (Å²) in [5, 5.41) is 13.3. The molecule has 13 heavy (non-hydrogen) atoms. The van der Waals surface area contributed by atoms with Crippen molar-refractivity contribution in [3.05, 3.63) is 0 Å². The fraction of sp³-hybridized carbons (Fsp3) is 0.889. The highest BCUT2D eigenvalue weighted by Crippen LogP contribution is 2.21. The zero-order valence-corrected chi connectivity index (χ0v) is 8.50. The Labute approximate surface area is 78.9 Å². The lowest BCUT2D eigenvalue weighted by molar-refractivity contribution is -0.168. The number of amides is 1. The second-order valence-corrected chi connectivity index (χ2v) is 4.57. The summed E-state index contributed by atoms with van der Waals surface area (Å²) in [6.07, 6.45) is 0.800. The van der Waals surface area contributed by atoms with E-state index in [1.807, 2.05) is 20.8 Å². The number of hydrogen-bond acceptors (Lipinski definition) is 3. The molecule has 1 heterocycles. The third-order valence-corrected chi connectivity index (χ3v) is 2.26. The fourth-order valence-electron chi connectivity index (χ4n) is 1.50. The van der Waals surface area contributed by atoms with E-state index >= 15 is 0 Å². The quantitative estimate of drug-likeness (QED) is 0.545. The molecule has 0 radical (unpaired) electrons. The highest BCUT2D eigenvalue weighted by atomic mass is 16.5. The minimum atomic E-state index is -0.278. The van der Waals surface area contributed by atoms with E-state index in [0.29, 0.717) is 6.54 Å². The van der Waals surface area contributed by atoms with E-state index in [0.717, 1.165) is 18.0 Å². The van der Waals surface area contributed by atoms with Crippen LogP contribution in [0, 0.1) is 5.41 Å². The Morgan fingerprint density at radius 2 is 2.15 bits per heavy atom. The Morgan fingerprint density at radius 1 is 1.54 bits per heavy atom. The second-order valence-electron chi connectivity index (χ2n) is 4.57. The SMILES string of the molecule is CC(C)(C)C1NCCCN(O)C1=O. The van der Waals surface area contributed by atoms with Gasteiger partial charge in [-0.1, -0.05) is 20.8 Å². The monoisotopic (exact) mass is 186 g/mol. The standard InChI is InChI=1S/C9H18N2O2/c1-9(2,3)7-8(12)11(13)6-4-5-10-7/h7,10,13H,4-6H2,1-3H3. The van der Waals surface area contributed by atoms with Crippen molar-refractivity contribution in [2.24, 2.45) is 5.41 Å². The summed E-state index contributed by atoms with van der Waals surface area (Å²) >= 11 is 0. The maximum Gasteiger partial charge on any atom is 0.263 e. The van der Waals surface area contributed by atoms with Crippen molar-refractivity contribution >= 4 is 5.91 Å². The number of nitrogens with one attached hydrogen (secondary N) is 1. The van der Waals surface area contributed by atoms with Gasteiger partial charge in [-0.15, -0.1) is 0 Å². The van der Waals surface area contributed by atoms with Gasteiger partial charge >= 0.3 is 0 Å². The molecule has 0 aromatic rings. The van der Waals surface area contributed by atoms with Crippen LogP contribution in [0.25, 0.3) is 0 Å². The van der Waals surface area contributed by atoms with Gasteiger partial charge in [0.2, 0.25) is 0 Å². The first kappa shape index (κ1) is 10.5. The Kier molecular flexibility index (Phi) is 2.93. The lowest BCUT2D eigenvalue weighted by Crippen LogP contribution is -2.50. The maximum absolute atomic E-state index is 11.6. The lowest BCUT2D eigenvalue weighted by atomic mass is 9.86. The van der Waals surface area contributed by atoms with Crippen molar-refractivity contribution in [2.75, 3.05) is 13.1 Å². The summed E-state index contributed by atoms with van der Waals surface area (Å²) in [5.74, 6) is -0.218. The average Bonchev–Trinajstić information content (AvgIpc) is 2.14. The summed E-state index contributed by atoms with van der Waals surface area (Å²) < 4.78 is 0. The van der Waals surface area contributed by atoms with Crippen LogP contribution < -0.4 is 5.32 Å². The van der Waals surface area contributed by atoms with Crippen LogP contribution in [-0.2, 0) is 4.79 Å². The summed E-state index contributed by atoms with van der Waals surface area (Å²) in [6.45, 7) is 7.17. The molecule has 1 unspecified atom stereocenters. The van der Waals surface area contributed by atoms with Crippen LogP contribution in [0.3, 0.4) is 0 Å². The highest BCUT2D eigenvalue weighted by Gasteiger charge is 2.34. The van der Waals surface area contributed by atoms with Gasteiger partial charge in [-0.25, -0.2) is 5.06 Å². The zero-order chi connectivity index (χ0) is 10.1. The van der Waals surface area contributed by atoms with Gasteiger partial charge in [-0.05, 0) is 18.4 Å². The third kappa shape index (κ3) is 2.42. The number of carbonyl (C=O) groups is 1. The van der Waals surface area contributed by atoms with Gasteiger partial charge < -0.3 is 5.32 Å². The first-order valence-electron chi connectivity index (χ1n) is 4.66. The van der Waals surface area contributed by atoms with Crippen LogP contribution in [-0.4, -0.2) is 35.3 Å². The van der Waals surface area contributed by atoms with Crippen molar-refractivity contribution in [3.8, 4) is 0 Å². The minimum Gasteiger partial charge on any atom is -0.305 e. The molecule has 1 atom stereocenters. The fourth-order valence-corrected chi connectivity index (χ4v) is 1.50. The molecule has 2 N–H and O–H groups in total. The topological polar surface area (TPSA) is 52.6 Å². The zero-order valence-electron chi connectivity index (χ0n) is 8.50. The van der Waals surface area contributed by atoms with E-state index in [1.54, 1.807) is 0 Å². The van der Waals surface area contributed by atoms with Gasteiger partial charge in [0.25, 0.3) is 5.91 Å². The van der Waals surface area contributed by atoms with Crippen molar-refractivity contribution in [3.63, 3.8) is 0 Å². The van der Waals surface area contributed by atoms with Crippen LogP contribution >= 0.6 is 0 Å². The van der Waals surface area contributed by atoms with Gasteiger partial charge in [0.15, 0.2) is 0 Å². The molecule has 1 saturated heterocycles. The number of hydroxylamine groups is 2. The maximum atomic E-state index is 11.6. The van der Waals surface area contributed by atoms with Gasteiger partial charge in [0, 0.05) is 6.54 Å². The number of hydrogen-bond donors (Lipinski definition) is 2. The molecule has 0 saturated carbocycles. The Morgan fingerprint density at radius 3 is 2.69 bits per heavy atom. The minimum absolute atomic E-state index is 0.150. The smallest absolute Gasteiger partial charge is 0.263 e. The van der Waals surface area contributed by atoms with E-state index in [-0.39, 0.29) is 17.4 Å². The molecule has 1 amide bonds. The summed E-state index contributed by atoms with van der Waals surface area (Å²) in [4.78, 5) is 11.6. The van der Waals surface area contributed by atoms with Gasteiger partial charge in [-0.2, -0.15) is 0 Å². The van der Waals surface area contributed by atoms with Crippen LogP contribution in [0.2, 0.25) is 0 Å². The molecule has 0 spiro atoms. The van der Waals surface area contributed by atoms with Crippen molar-refractivity contribution in [2.45, 2.75) is 33.2 Å². The first-order chi connectivity index (χ1) is 5.93. The summed E-state index contributed by atoms with van der Waals surface area (Å²) in [5.41, 5.74) is -0.150.